The lowest BCUT2D eigenvalue weighted by atomic mass is 10.0. The molecular weight excluding hydrogens is 396 g/mol. The SMILES string of the molecule is Cc1ccc2c(CC(=O)NCC(=O)Nc3ccccc3Br)coc2c1C. The standard InChI is InChI=1S/C20H19BrN2O3/c1-12-7-8-15-14(11-26-20(15)13(12)2)9-18(24)22-10-19(25)23-17-6-4-3-5-16(17)21/h3-8,11H,9-10H2,1-2H3,(H,22,24)(H,23,25). The van der Waals surface area contributed by atoms with Crippen LogP contribution in [0.5, 0.6) is 0 Å². The molecule has 26 heavy (non-hydrogen) atoms. The molecule has 0 atom stereocenters. The minimum atomic E-state index is -0.284. The van der Waals surface area contributed by atoms with Gasteiger partial charge in [0.1, 0.15) is 5.58 Å². The fraction of sp³-hybridized carbons (Fsp3) is 0.200. The van der Waals surface area contributed by atoms with Crippen molar-refractivity contribution < 1.29 is 14.0 Å². The number of nitrogens with one attached hydrogen (secondary N) is 2. The van der Waals surface area contributed by atoms with Crippen molar-refractivity contribution >= 4 is 44.4 Å². The van der Waals surface area contributed by atoms with E-state index in [2.05, 4.69) is 26.6 Å². The molecule has 3 rings (SSSR count). The second kappa shape index (κ2) is 7.74. The first-order chi connectivity index (χ1) is 12.5. The van der Waals surface area contributed by atoms with E-state index in [1.165, 1.54) is 0 Å². The first-order valence-corrected chi connectivity index (χ1v) is 9.02. The van der Waals surface area contributed by atoms with Gasteiger partial charge in [0.25, 0.3) is 0 Å². The van der Waals surface area contributed by atoms with E-state index in [0.717, 1.165) is 32.1 Å². The Balaban J connectivity index is 1.59. The van der Waals surface area contributed by atoms with Crippen molar-refractivity contribution in [2.24, 2.45) is 0 Å². The Morgan fingerprint density at radius 3 is 2.62 bits per heavy atom. The summed E-state index contributed by atoms with van der Waals surface area (Å²) in [5, 5.41) is 6.32. The molecule has 0 aliphatic carbocycles. The number of halogens is 1. The molecule has 5 nitrogen and oxygen atoms in total. The van der Waals surface area contributed by atoms with E-state index in [9.17, 15) is 9.59 Å². The van der Waals surface area contributed by atoms with Gasteiger partial charge in [0, 0.05) is 15.4 Å². The number of anilines is 1. The summed E-state index contributed by atoms with van der Waals surface area (Å²) >= 11 is 3.37. The summed E-state index contributed by atoms with van der Waals surface area (Å²) in [6.45, 7) is 3.93. The van der Waals surface area contributed by atoms with E-state index in [0.29, 0.717) is 5.69 Å². The van der Waals surface area contributed by atoms with Crippen LogP contribution in [0.2, 0.25) is 0 Å². The van der Waals surface area contributed by atoms with Crippen LogP contribution < -0.4 is 10.6 Å². The van der Waals surface area contributed by atoms with Gasteiger partial charge >= 0.3 is 0 Å². The average molecular weight is 415 g/mol. The highest BCUT2D eigenvalue weighted by Crippen LogP contribution is 2.26. The topological polar surface area (TPSA) is 71.3 Å². The van der Waals surface area contributed by atoms with Crippen LogP contribution in [0.15, 0.2) is 51.6 Å². The van der Waals surface area contributed by atoms with Crippen molar-refractivity contribution in [2.75, 3.05) is 11.9 Å². The predicted octanol–water partition coefficient (Wildman–Crippen LogP) is 4.11. The molecule has 1 heterocycles. The van der Waals surface area contributed by atoms with Crippen LogP contribution in [-0.4, -0.2) is 18.4 Å². The molecule has 3 aromatic rings. The Kier molecular flexibility index (Phi) is 5.42. The van der Waals surface area contributed by atoms with Crippen molar-refractivity contribution in [2.45, 2.75) is 20.3 Å². The number of amides is 2. The monoisotopic (exact) mass is 414 g/mol. The Hall–Kier alpha value is -2.60. The molecule has 2 N–H and O–H groups in total. The molecule has 0 saturated heterocycles. The maximum atomic E-state index is 12.2. The van der Waals surface area contributed by atoms with Crippen LogP contribution in [0.4, 0.5) is 5.69 Å². The number of benzene rings is 2. The van der Waals surface area contributed by atoms with E-state index in [1.54, 1.807) is 12.3 Å². The number of carbonyl (C=O) groups excluding carboxylic acids is 2. The van der Waals surface area contributed by atoms with Gasteiger partial charge in [-0.15, -0.1) is 0 Å². The fourth-order valence-corrected chi connectivity index (χ4v) is 3.08. The molecule has 2 amide bonds. The van der Waals surface area contributed by atoms with E-state index >= 15 is 0 Å². The van der Waals surface area contributed by atoms with Gasteiger partial charge < -0.3 is 15.1 Å². The third-order valence-electron chi connectivity index (χ3n) is 4.29. The summed E-state index contributed by atoms with van der Waals surface area (Å²) in [4.78, 5) is 24.2. The number of carbonyl (C=O) groups is 2. The van der Waals surface area contributed by atoms with Gasteiger partial charge in [0.2, 0.25) is 11.8 Å². The molecule has 6 heteroatoms. The van der Waals surface area contributed by atoms with Crippen molar-refractivity contribution in [1.82, 2.24) is 5.32 Å². The highest BCUT2D eigenvalue weighted by Gasteiger charge is 2.14. The van der Waals surface area contributed by atoms with Gasteiger partial charge in [-0.05, 0) is 53.0 Å². The van der Waals surface area contributed by atoms with Gasteiger partial charge in [-0.2, -0.15) is 0 Å². The number of furan rings is 1. The van der Waals surface area contributed by atoms with Crippen molar-refractivity contribution in [1.29, 1.82) is 0 Å². The number of hydrogen-bond acceptors (Lipinski definition) is 3. The molecule has 0 saturated carbocycles. The quantitative estimate of drug-likeness (QED) is 0.659. The van der Waals surface area contributed by atoms with Crippen molar-refractivity contribution in [3.05, 3.63) is 63.8 Å². The van der Waals surface area contributed by atoms with Crippen LogP contribution in [0.3, 0.4) is 0 Å². The number of hydrogen-bond donors (Lipinski definition) is 2. The third kappa shape index (κ3) is 3.96. The molecule has 0 aliphatic heterocycles. The van der Waals surface area contributed by atoms with Gasteiger partial charge in [-0.25, -0.2) is 0 Å². The third-order valence-corrected chi connectivity index (χ3v) is 4.98. The molecule has 0 bridgehead atoms. The molecule has 0 unspecified atom stereocenters. The Morgan fingerprint density at radius 2 is 1.85 bits per heavy atom. The number of aryl methyl sites for hydroxylation is 2. The van der Waals surface area contributed by atoms with Crippen molar-refractivity contribution in [3.8, 4) is 0 Å². The molecule has 0 fully saturated rings. The van der Waals surface area contributed by atoms with Crippen LogP contribution in [-0.2, 0) is 16.0 Å². The molecule has 1 aromatic heterocycles. The van der Waals surface area contributed by atoms with Gasteiger partial charge in [-0.3, -0.25) is 9.59 Å². The second-order valence-electron chi connectivity index (χ2n) is 6.13. The zero-order valence-electron chi connectivity index (χ0n) is 14.6. The molecule has 134 valence electrons. The summed E-state index contributed by atoms with van der Waals surface area (Å²) in [5.41, 5.74) is 4.50. The lowest BCUT2D eigenvalue weighted by molar-refractivity contribution is -0.123. The van der Waals surface area contributed by atoms with Gasteiger partial charge in [0.05, 0.1) is 24.9 Å². The van der Waals surface area contributed by atoms with Gasteiger partial charge in [0.15, 0.2) is 0 Å². The van der Waals surface area contributed by atoms with E-state index in [1.807, 2.05) is 44.2 Å². The maximum absolute atomic E-state index is 12.2. The largest absolute Gasteiger partial charge is 0.464 e. The van der Waals surface area contributed by atoms with E-state index in [4.69, 9.17) is 4.42 Å². The lowest BCUT2D eigenvalue weighted by Crippen LogP contribution is -2.33. The Labute approximate surface area is 159 Å². The van der Waals surface area contributed by atoms with Crippen LogP contribution in [0, 0.1) is 13.8 Å². The molecule has 0 radical (unpaired) electrons. The molecule has 0 spiro atoms. The first-order valence-electron chi connectivity index (χ1n) is 8.23. The summed E-state index contributed by atoms with van der Waals surface area (Å²) in [7, 11) is 0. The summed E-state index contributed by atoms with van der Waals surface area (Å²) in [5.74, 6) is -0.512. The van der Waals surface area contributed by atoms with E-state index < -0.39 is 0 Å². The average Bonchev–Trinajstić information content (AvgIpc) is 3.02. The Bertz CT molecular complexity index is 978. The van der Waals surface area contributed by atoms with Gasteiger partial charge in [-0.1, -0.05) is 24.3 Å². The highest BCUT2D eigenvalue weighted by molar-refractivity contribution is 9.10. The summed E-state index contributed by atoms with van der Waals surface area (Å²) < 4.78 is 6.40. The zero-order chi connectivity index (χ0) is 18.7. The minimum absolute atomic E-state index is 0.0892. The molecular formula is C20H19BrN2O3. The summed E-state index contributed by atoms with van der Waals surface area (Å²) in [6.07, 6.45) is 1.77. The normalized spacial score (nSPS) is 10.7. The van der Waals surface area contributed by atoms with Crippen molar-refractivity contribution in [3.63, 3.8) is 0 Å². The smallest absolute Gasteiger partial charge is 0.243 e. The first kappa shape index (κ1) is 18.2. The minimum Gasteiger partial charge on any atom is -0.464 e. The number of para-hydroxylation sites is 1. The maximum Gasteiger partial charge on any atom is 0.243 e. The van der Waals surface area contributed by atoms with Crippen LogP contribution in [0.25, 0.3) is 11.0 Å². The van der Waals surface area contributed by atoms with Crippen LogP contribution >= 0.6 is 15.9 Å². The number of rotatable bonds is 5. The zero-order valence-corrected chi connectivity index (χ0v) is 16.1. The fourth-order valence-electron chi connectivity index (χ4n) is 2.70. The summed E-state index contributed by atoms with van der Waals surface area (Å²) in [6, 6.07) is 11.3. The number of fused-ring (bicyclic) bond motifs is 1. The Morgan fingerprint density at radius 1 is 1.08 bits per heavy atom. The van der Waals surface area contributed by atoms with E-state index in [-0.39, 0.29) is 24.8 Å². The second-order valence-corrected chi connectivity index (χ2v) is 6.98. The molecule has 0 aliphatic rings. The predicted molar refractivity (Wildman–Crippen MR) is 105 cm³/mol. The highest BCUT2D eigenvalue weighted by atomic mass is 79.9. The lowest BCUT2D eigenvalue weighted by Gasteiger charge is -2.08. The van der Waals surface area contributed by atoms with Crippen LogP contribution in [0.1, 0.15) is 16.7 Å². The molecule has 2 aromatic carbocycles.